The summed E-state index contributed by atoms with van der Waals surface area (Å²) in [6.45, 7) is 14.1. The summed E-state index contributed by atoms with van der Waals surface area (Å²) in [6, 6.07) is 7.85. The van der Waals surface area contributed by atoms with E-state index in [-0.39, 0.29) is 11.3 Å². The van der Waals surface area contributed by atoms with Crippen LogP contribution in [0.5, 0.6) is 0 Å². The van der Waals surface area contributed by atoms with Gasteiger partial charge in [-0.3, -0.25) is 4.79 Å². The standard InChI is InChI=1S/C22H30N2OS/c1-14(2)17-9-7-8-10-18(17)20(25)23-21-24(13-16-11-12-16)15(3)19(26-21)22(4,5)6/h7-10,14,16H,11-13H2,1-6H3. The van der Waals surface area contributed by atoms with Crippen molar-refractivity contribution in [1.82, 2.24) is 4.57 Å². The number of hydrogen-bond acceptors (Lipinski definition) is 2. The Hall–Kier alpha value is -1.68. The van der Waals surface area contributed by atoms with Gasteiger partial charge in [0.1, 0.15) is 0 Å². The summed E-state index contributed by atoms with van der Waals surface area (Å²) in [5.74, 6) is 0.924. The van der Waals surface area contributed by atoms with Gasteiger partial charge in [0, 0.05) is 22.7 Å². The van der Waals surface area contributed by atoms with Crippen LogP contribution in [0.1, 0.15) is 79.9 Å². The van der Waals surface area contributed by atoms with E-state index in [2.05, 4.69) is 51.1 Å². The minimum Gasteiger partial charge on any atom is -0.320 e. The van der Waals surface area contributed by atoms with Crippen LogP contribution in [0.15, 0.2) is 29.3 Å². The molecule has 1 saturated carbocycles. The van der Waals surface area contributed by atoms with Gasteiger partial charge in [-0.25, -0.2) is 0 Å². The monoisotopic (exact) mass is 370 g/mol. The molecular formula is C22H30N2OS. The summed E-state index contributed by atoms with van der Waals surface area (Å²) in [7, 11) is 0. The minimum absolute atomic E-state index is 0.0622. The van der Waals surface area contributed by atoms with Crippen molar-refractivity contribution in [2.45, 2.75) is 72.3 Å². The molecule has 0 radical (unpaired) electrons. The Morgan fingerprint density at radius 3 is 2.50 bits per heavy atom. The van der Waals surface area contributed by atoms with E-state index in [1.807, 2.05) is 24.3 Å². The van der Waals surface area contributed by atoms with Gasteiger partial charge in [0.25, 0.3) is 5.91 Å². The molecule has 140 valence electrons. The summed E-state index contributed by atoms with van der Waals surface area (Å²) < 4.78 is 2.28. The van der Waals surface area contributed by atoms with Crippen molar-refractivity contribution < 1.29 is 4.79 Å². The SMILES string of the molecule is Cc1c(C(C)(C)C)sc(=NC(=O)c2ccccc2C(C)C)n1CC1CC1. The van der Waals surface area contributed by atoms with Crippen molar-refractivity contribution in [2.24, 2.45) is 10.9 Å². The fraction of sp³-hybridized carbons (Fsp3) is 0.545. The zero-order valence-electron chi connectivity index (χ0n) is 16.8. The maximum absolute atomic E-state index is 13.0. The number of amides is 1. The summed E-state index contributed by atoms with van der Waals surface area (Å²) in [6.07, 6.45) is 2.58. The molecule has 26 heavy (non-hydrogen) atoms. The highest BCUT2D eigenvalue weighted by atomic mass is 32.1. The molecule has 1 aromatic heterocycles. The van der Waals surface area contributed by atoms with E-state index in [9.17, 15) is 4.79 Å². The number of carbonyl (C=O) groups excluding carboxylic acids is 1. The first-order valence-corrected chi connectivity index (χ1v) is 10.4. The Kier molecular flexibility index (Phi) is 5.25. The van der Waals surface area contributed by atoms with Crippen LogP contribution in [0.4, 0.5) is 0 Å². The molecule has 1 aliphatic carbocycles. The van der Waals surface area contributed by atoms with Gasteiger partial charge >= 0.3 is 0 Å². The molecule has 1 aromatic carbocycles. The molecule has 0 saturated heterocycles. The van der Waals surface area contributed by atoms with Gasteiger partial charge in [-0.2, -0.15) is 4.99 Å². The predicted molar refractivity (Wildman–Crippen MR) is 109 cm³/mol. The Bertz CT molecular complexity index is 876. The average molecular weight is 371 g/mol. The van der Waals surface area contributed by atoms with Gasteiger partial charge < -0.3 is 4.57 Å². The number of benzene rings is 1. The Morgan fingerprint density at radius 2 is 1.92 bits per heavy atom. The summed E-state index contributed by atoms with van der Waals surface area (Å²) in [4.78, 5) is 19.8. The number of carbonyl (C=O) groups is 1. The van der Waals surface area contributed by atoms with Crippen LogP contribution >= 0.6 is 11.3 Å². The van der Waals surface area contributed by atoms with Crippen LogP contribution in [-0.2, 0) is 12.0 Å². The smallest absolute Gasteiger partial charge is 0.279 e. The van der Waals surface area contributed by atoms with E-state index in [4.69, 9.17) is 0 Å². The highest BCUT2D eigenvalue weighted by Gasteiger charge is 2.27. The molecule has 0 N–H and O–H groups in total. The van der Waals surface area contributed by atoms with Gasteiger partial charge in [0.2, 0.25) is 0 Å². The van der Waals surface area contributed by atoms with E-state index >= 15 is 0 Å². The van der Waals surface area contributed by atoms with E-state index in [0.717, 1.165) is 28.4 Å². The van der Waals surface area contributed by atoms with Gasteiger partial charge in [0.05, 0.1) is 0 Å². The molecule has 0 bridgehead atoms. The third-order valence-corrected chi connectivity index (χ3v) is 6.59. The second kappa shape index (κ2) is 7.15. The molecule has 0 aliphatic heterocycles. The quantitative estimate of drug-likeness (QED) is 0.706. The molecule has 0 spiro atoms. The van der Waals surface area contributed by atoms with Crippen molar-refractivity contribution >= 4 is 17.2 Å². The first kappa shape index (κ1) is 19.1. The molecular weight excluding hydrogens is 340 g/mol. The third kappa shape index (κ3) is 4.01. The number of thiazole rings is 1. The van der Waals surface area contributed by atoms with Crippen LogP contribution in [0, 0.1) is 12.8 Å². The summed E-state index contributed by atoms with van der Waals surface area (Å²) >= 11 is 1.68. The molecule has 4 heteroatoms. The van der Waals surface area contributed by atoms with Gasteiger partial charge in [-0.15, -0.1) is 11.3 Å². The predicted octanol–water partition coefficient (Wildman–Crippen LogP) is 5.43. The molecule has 0 unspecified atom stereocenters. The Morgan fingerprint density at radius 1 is 1.27 bits per heavy atom. The van der Waals surface area contributed by atoms with Crippen molar-refractivity contribution in [1.29, 1.82) is 0 Å². The first-order valence-electron chi connectivity index (χ1n) is 9.57. The van der Waals surface area contributed by atoms with Crippen LogP contribution in [0.25, 0.3) is 0 Å². The lowest BCUT2D eigenvalue weighted by Gasteiger charge is -2.17. The molecule has 1 heterocycles. The molecule has 3 rings (SSSR count). The van der Waals surface area contributed by atoms with Crippen LogP contribution in [-0.4, -0.2) is 10.5 Å². The van der Waals surface area contributed by atoms with Crippen molar-refractivity contribution in [3.05, 3.63) is 50.8 Å². The third-order valence-electron chi connectivity index (χ3n) is 4.99. The molecule has 0 atom stereocenters. The fourth-order valence-electron chi connectivity index (χ4n) is 3.38. The second-order valence-electron chi connectivity index (χ2n) is 8.76. The number of hydrogen-bond donors (Lipinski definition) is 0. The van der Waals surface area contributed by atoms with Gasteiger partial charge in [-0.05, 0) is 48.6 Å². The normalized spacial score (nSPS) is 15.7. The molecule has 3 nitrogen and oxygen atoms in total. The van der Waals surface area contributed by atoms with Crippen LogP contribution < -0.4 is 4.80 Å². The van der Waals surface area contributed by atoms with Crippen molar-refractivity contribution in [3.63, 3.8) is 0 Å². The summed E-state index contributed by atoms with van der Waals surface area (Å²) in [5.41, 5.74) is 3.12. The highest BCUT2D eigenvalue weighted by Crippen LogP contribution is 2.33. The number of aromatic nitrogens is 1. The Labute approximate surface area is 160 Å². The van der Waals surface area contributed by atoms with Gasteiger partial charge in [-0.1, -0.05) is 52.8 Å². The van der Waals surface area contributed by atoms with E-state index in [1.54, 1.807) is 11.3 Å². The zero-order chi connectivity index (χ0) is 19.1. The van der Waals surface area contributed by atoms with E-state index in [1.165, 1.54) is 23.4 Å². The minimum atomic E-state index is -0.124. The molecule has 1 amide bonds. The number of nitrogens with zero attached hydrogens (tertiary/aromatic N) is 2. The highest BCUT2D eigenvalue weighted by molar-refractivity contribution is 7.09. The topological polar surface area (TPSA) is 34.4 Å². The lowest BCUT2D eigenvalue weighted by Crippen LogP contribution is -2.20. The maximum atomic E-state index is 13.0. The van der Waals surface area contributed by atoms with E-state index < -0.39 is 0 Å². The zero-order valence-corrected chi connectivity index (χ0v) is 17.6. The van der Waals surface area contributed by atoms with Crippen molar-refractivity contribution in [3.8, 4) is 0 Å². The fourth-order valence-corrected chi connectivity index (χ4v) is 4.58. The Balaban J connectivity index is 2.09. The maximum Gasteiger partial charge on any atom is 0.279 e. The van der Waals surface area contributed by atoms with Crippen LogP contribution in [0.2, 0.25) is 0 Å². The number of rotatable bonds is 4. The average Bonchev–Trinajstić information content (AvgIpc) is 3.33. The van der Waals surface area contributed by atoms with Crippen LogP contribution in [0.3, 0.4) is 0 Å². The second-order valence-corrected chi connectivity index (χ2v) is 9.74. The molecule has 1 fully saturated rings. The lowest BCUT2D eigenvalue weighted by molar-refractivity contribution is 0.0996. The van der Waals surface area contributed by atoms with E-state index in [0.29, 0.717) is 5.92 Å². The largest absolute Gasteiger partial charge is 0.320 e. The van der Waals surface area contributed by atoms with Gasteiger partial charge in [0.15, 0.2) is 4.80 Å². The van der Waals surface area contributed by atoms with Crippen molar-refractivity contribution in [2.75, 3.05) is 0 Å². The lowest BCUT2D eigenvalue weighted by atomic mass is 9.93. The molecule has 2 aromatic rings. The summed E-state index contributed by atoms with van der Waals surface area (Å²) in [5, 5.41) is 0. The molecule has 1 aliphatic rings. The first-order chi connectivity index (χ1) is 12.2.